The zero-order valence-electron chi connectivity index (χ0n) is 11.9. The van der Waals surface area contributed by atoms with Gasteiger partial charge in [-0.05, 0) is 43.4 Å². The highest BCUT2D eigenvalue weighted by molar-refractivity contribution is 5.50. The zero-order chi connectivity index (χ0) is 13.2. The van der Waals surface area contributed by atoms with Crippen molar-refractivity contribution in [2.75, 3.05) is 32.1 Å². The molecule has 19 heavy (non-hydrogen) atoms. The molecule has 0 amide bonds. The van der Waals surface area contributed by atoms with Gasteiger partial charge in [0.25, 0.3) is 0 Å². The summed E-state index contributed by atoms with van der Waals surface area (Å²) in [6.07, 6.45) is 4.27. The third-order valence-corrected chi connectivity index (χ3v) is 4.84. The van der Waals surface area contributed by atoms with Crippen LogP contribution in [0, 0.1) is 11.8 Å². The maximum Gasteiger partial charge on any atom is 0.120 e. The maximum atomic E-state index is 5.30. The van der Waals surface area contributed by atoms with E-state index in [-0.39, 0.29) is 0 Å². The lowest BCUT2D eigenvalue weighted by Gasteiger charge is -2.27. The molecule has 104 valence electrons. The van der Waals surface area contributed by atoms with Crippen LogP contribution in [-0.2, 0) is 0 Å². The van der Waals surface area contributed by atoms with E-state index in [2.05, 4.69) is 35.5 Å². The number of rotatable bonds is 4. The molecule has 1 N–H and O–H groups in total. The summed E-state index contributed by atoms with van der Waals surface area (Å²) >= 11 is 0. The minimum absolute atomic E-state index is 0.656. The molecular formula is C16H24N2O. The molecule has 3 nitrogen and oxygen atoms in total. The summed E-state index contributed by atoms with van der Waals surface area (Å²) in [5.41, 5.74) is 1.24. The molecule has 1 aliphatic heterocycles. The van der Waals surface area contributed by atoms with Crippen molar-refractivity contribution in [3.63, 3.8) is 0 Å². The Kier molecular flexibility index (Phi) is 3.65. The second kappa shape index (κ2) is 5.41. The maximum absolute atomic E-state index is 5.30. The summed E-state index contributed by atoms with van der Waals surface area (Å²) in [6.45, 7) is 2.32. The SMILES string of the molecule is COc1cccc(N(C)CC2NCC3CCCC32)c1. The predicted octanol–water partition coefficient (Wildman–Crippen LogP) is 2.52. The zero-order valence-corrected chi connectivity index (χ0v) is 11.9. The van der Waals surface area contributed by atoms with Gasteiger partial charge in [0.15, 0.2) is 0 Å². The van der Waals surface area contributed by atoms with Crippen molar-refractivity contribution >= 4 is 5.69 Å². The molecular weight excluding hydrogens is 236 g/mol. The number of benzene rings is 1. The van der Waals surface area contributed by atoms with Crippen molar-refractivity contribution in [1.29, 1.82) is 0 Å². The second-order valence-electron chi connectivity index (χ2n) is 5.95. The lowest BCUT2D eigenvalue weighted by atomic mass is 9.94. The Hall–Kier alpha value is -1.22. The molecule has 1 heterocycles. The fraction of sp³-hybridized carbons (Fsp3) is 0.625. The van der Waals surface area contributed by atoms with Gasteiger partial charge in [0, 0.05) is 31.4 Å². The van der Waals surface area contributed by atoms with E-state index in [1.165, 1.54) is 31.5 Å². The van der Waals surface area contributed by atoms with Gasteiger partial charge in [0.05, 0.1) is 7.11 Å². The third kappa shape index (κ3) is 2.57. The first-order chi connectivity index (χ1) is 9.28. The van der Waals surface area contributed by atoms with Crippen LogP contribution in [0.15, 0.2) is 24.3 Å². The molecule has 0 radical (unpaired) electrons. The van der Waals surface area contributed by atoms with Crippen LogP contribution in [-0.4, -0.2) is 33.3 Å². The Bertz CT molecular complexity index is 435. The highest BCUT2D eigenvalue weighted by Crippen LogP contribution is 2.38. The topological polar surface area (TPSA) is 24.5 Å². The van der Waals surface area contributed by atoms with Gasteiger partial charge in [-0.3, -0.25) is 0 Å². The fourth-order valence-corrected chi connectivity index (χ4v) is 3.75. The summed E-state index contributed by atoms with van der Waals surface area (Å²) in [7, 11) is 3.90. The average Bonchev–Trinajstić information content (AvgIpc) is 3.04. The summed E-state index contributed by atoms with van der Waals surface area (Å²) in [5.74, 6) is 2.76. The number of hydrogen-bond donors (Lipinski definition) is 1. The largest absolute Gasteiger partial charge is 0.497 e. The molecule has 3 atom stereocenters. The highest BCUT2D eigenvalue weighted by atomic mass is 16.5. The third-order valence-electron chi connectivity index (χ3n) is 4.84. The smallest absolute Gasteiger partial charge is 0.120 e. The Morgan fingerprint density at radius 2 is 2.26 bits per heavy atom. The Labute approximate surface area is 115 Å². The van der Waals surface area contributed by atoms with E-state index in [9.17, 15) is 0 Å². The van der Waals surface area contributed by atoms with Gasteiger partial charge < -0.3 is 15.0 Å². The quantitative estimate of drug-likeness (QED) is 0.900. The molecule has 0 aromatic heterocycles. The lowest BCUT2D eigenvalue weighted by Crippen LogP contribution is -2.39. The van der Waals surface area contributed by atoms with Crippen molar-refractivity contribution in [1.82, 2.24) is 5.32 Å². The van der Waals surface area contributed by atoms with Gasteiger partial charge >= 0.3 is 0 Å². The van der Waals surface area contributed by atoms with Crippen LogP contribution < -0.4 is 15.0 Å². The summed E-state index contributed by atoms with van der Waals surface area (Å²) in [5, 5.41) is 3.71. The van der Waals surface area contributed by atoms with Gasteiger partial charge in [0.1, 0.15) is 5.75 Å². The molecule has 1 saturated carbocycles. The first-order valence-electron chi connectivity index (χ1n) is 7.36. The Morgan fingerprint density at radius 1 is 1.37 bits per heavy atom. The fourth-order valence-electron chi connectivity index (χ4n) is 3.75. The predicted molar refractivity (Wildman–Crippen MR) is 78.9 cm³/mol. The van der Waals surface area contributed by atoms with E-state index < -0.39 is 0 Å². The summed E-state index contributed by atoms with van der Waals surface area (Å²) in [6, 6.07) is 8.98. The van der Waals surface area contributed by atoms with Crippen molar-refractivity contribution in [3.8, 4) is 5.75 Å². The van der Waals surface area contributed by atoms with Crippen LogP contribution in [0.25, 0.3) is 0 Å². The van der Waals surface area contributed by atoms with Gasteiger partial charge in [-0.2, -0.15) is 0 Å². The molecule has 0 bridgehead atoms. The van der Waals surface area contributed by atoms with Crippen molar-refractivity contribution in [2.24, 2.45) is 11.8 Å². The molecule has 1 aromatic rings. The van der Waals surface area contributed by atoms with Crippen LogP contribution in [0.3, 0.4) is 0 Å². The number of nitrogens with one attached hydrogen (secondary N) is 1. The molecule has 1 saturated heterocycles. The van der Waals surface area contributed by atoms with E-state index in [0.717, 1.165) is 24.1 Å². The van der Waals surface area contributed by atoms with Gasteiger partial charge in [-0.15, -0.1) is 0 Å². The van der Waals surface area contributed by atoms with E-state index in [4.69, 9.17) is 4.74 Å². The van der Waals surface area contributed by atoms with Crippen LogP contribution in [0.4, 0.5) is 5.69 Å². The number of methoxy groups -OCH3 is 1. The van der Waals surface area contributed by atoms with Crippen molar-refractivity contribution in [3.05, 3.63) is 24.3 Å². The second-order valence-corrected chi connectivity index (χ2v) is 5.95. The number of ether oxygens (including phenoxy) is 1. The van der Waals surface area contributed by atoms with E-state index in [1.807, 2.05) is 6.07 Å². The number of hydrogen-bond acceptors (Lipinski definition) is 3. The standard InChI is InChI=1S/C16H24N2O/c1-18(13-6-4-7-14(9-13)19-2)11-16-15-8-3-5-12(15)10-17-16/h4,6-7,9,12,15-17H,3,5,8,10-11H2,1-2H3. The monoisotopic (exact) mass is 260 g/mol. The molecule has 1 aliphatic carbocycles. The molecule has 3 heteroatoms. The minimum atomic E-state index is 0.656. The molecule has 3 unspecified atom stereocenters. The van der Waals surface area contributed by atoms with E-state index in [0.29, 0.717) is 6.04 Å². The summed E-state index contributed by atoms with van der Waals surface area (Å²) < 4.78 is 5.30. The van der Waals surface area contributed by atoms with E-state index in [1.54, 1.807) is 7.11 Å². The minimum Gasteiger partial charge on any atom is -0.497 e. The van der Waals surface area contributed by atoms with Gasteiger partial charge in [-0.1, -0.05) is 12.5 Å². The van der Waals surface area contributed by atoms with Gasteiger partial charge in [0.2, 0.25) is 0 Å². The van der Waals surface area contributed by atoms with Crippen molar-refractivity contribution < 1.29 is 4.74 Å². The normalized spacial score (nSPS) is 29.3. The van der Waals surface area contributed by atoms with Crippen molar-refractivity contribution in [2.45, 2.75) is 25.3 Å². The van der Waals surface area contributed by atoms with E-state index >= 15 is 0 Å². The van der Waals surface area contributed by atoms with Gasteiger partial charge in [-0.25, -0.2) is 0 Å². The molecule has 3 rings (SSSR count). The molecule has 1 aromatic carbocycles. The number of anilines is 1. The Morgan fingerprint density at radius 3 is 3.11 bits per heavy atom. The number of likely N-dealkylation sites (N-methyl/N-ethyl adjacent to an activating group) is 1. The number of fused-ring (bicyclic) bond motifs is 1. The van der Waals surface area contributed by atoms with Crippen LogP contribution in [0.2, 0.25) is 0 Å². The molecule has 0 spiro atoms. The first-order valence-corrected chi connectivity index (χ1v) is 7.36. The van der Waals surface area contributed by atoms with Crippen LogP contribution >= 0.6 is 0 Å². The molecule has 2 fully saturated rings. The molecule has 2 aliphatic rings. The van der Waals surface area contributed by atoms with Crippen LogP contribution in [0.5, 0.6) is 5.75 Å². The summed E-state index contributed by atoms with van der Waals surface area (Å²) in [4.78, 5) is 2.35. The lowest BCUT2D eigenvalue weighted by molar-refractivity contribution is 0.410. The first kappa shape index (κ1) is 12.8. The highest BCUT2D eigenvalue weighted by Gasteiger charge is 2.39. The Balaban J connectivity index is 1.65. The average molecular weight is 260 g/mol. The van der Waals surface area contributed by atoms with Crippen LogP contribution in [0.1, 0.15) is 19.3 Å². The number of nitrogens with zero attached hydrogens (tertiary/aromatic N) is 1.